The van der Waals surface area contributed by atoms with Crippen LogP contribution in [0.2, 0.25) is 0 Å². The van der Waals surface area contributed by atoms with Crippen molar-refractivity contribution in [3.05, 3.63) is 53.1 Å². The summed E-state index contributed by atoms with van der Waals surface area (Å²) in [5.41, 5.74) is 10.3. The van der Waals surface area contributed by atoms with Crippen molar-refractivity contribution in [2.24, 2.45) is 0 Å². The van der Waals surface area contributed by atoms with Gasteiger partial charge in [0.15, 0.2) is 5.75 Å². The highest BCUT2D eigenvalue weighted by molar-refractivity contribution is 5.58. The molecule has 0 heterocycles. The summed E-state index contributed by atoms with van der Waals surface area (Å²) in [5.74, 6) is 1.61. The number of para-hydroxylation sites is 1. The normalized spacial score (nSPS) is 11.4. The van der Waals surface area contributed by atoms with Crippen LogP contribution in [-0.2, 0) is 5.41 Å². The van der Waals surface area contributed by atoms with Crippen molar-refractivity contribution < 1.29 is 4.74 Å². The molecule has 0 unspecified atom stereocenters. The second-order valence-electron chi connectivity index (χ2n) is 6.33. The predicted octanol–water partition coefficient (Wildman–Crippen LogP) is 4.98. The molecule has 2 rings (SSSR count). The van der Waals surface area contributed by atoms with Crippen LogP contribution in [0.15, 0.2) is 36.4 Å². The number of hydrogen-bond acceptors (Lipinski definition) is 2. The monoisotopic (exact) mass is 269 g/mol. The molecule has 0 saturated heterocycles. The maximum atomic E-state index is 6.01. The lowest BCUT2D eigenvalue weighted by Crippen LogP contribution is -2.11. The van der Waals surface area contributed by atoms with E-state index in [0.717, 1.165) is 22.6 Å². The second-order valence-corrected chi connectivity index (χ2v) is 6.33. The highest BCUT2D eigenvalue weighted by atomic mass is 16.5. The first-order valence-corrected chi connectivity index (χ1v) is 6.93. The van der Waals surface area contributed by atoms with E-state index in [4.69, 9.17) is 10.5 Å². The highest BCUT2D eigenvalue weighted by Crippen LogP contribution is 2.34. The van der Waals surface area contributed by atoms with Gasteiger partial charge in [0.25, 0.3) is 0 Å². The molecular weight excluding hydrogens is 246 g/mol. The Bertz CT molecular complexity index is 604. The van der Waals surface area contributed by atoms with Crippen molar-refractivity contribution in [2.45, 2.75) is 40.0 Å². The molecule has 0 aliphatic rings. The molecule has 0 aromatic heterocycles. The molecule has 20 heavy (non-hydrogen) atoms. The van der Waals surface area contributed by atoms with Crippen molar-refractivity contribution in [3.8, 4) is 11.5 Å². The summed E-state index contributed by atoms with van der Waals surface area (Å²) in [6, 6.07) is 12.1. The minimum absolute atomic E-state index is 0.144. The minimum Gasteiger partial charge on any atom is -0.455 e. The Balaban J connectivity index is 2.36. The molecule has 0 radical (unpaired) electrons. The van der Waals surface area contributed by atoms with Crippen LogP contribution < -0.4 is 10.5 Å². The summed E-state index contributed by atoms with van der Waals surface area (Å²) < 4.78 is 6.01. The van der Waals surface area contributed by atoms with E-state index < -0.39 is 0 Å². The SMILES string of the molecule is Cc1cc(C(C)(C)C)ccc1Oc1c(C)cccc1N. The van der Waals surface area contributed by atoms with E-state index in [1.165, 1.54) is 5.56 Å². The fourth-order valence-electron chi connectivity index (χ4n) is 2.15. The van der Waals surface area contributed by atoms with Gasteiger partial charge in [0.05, 0.1) is 5.69 Å². The van der Waals surface area contributed by atoms with Crippen molar-refractivity contribution in [2.75, 3.05) is 5.73 Å². The number of hydrogen-bond donors (Lipinski definition) is 1. The molecule has 0 amide bonds. The summed E-state index contributed by atoms with van der Waals surface area (Å²) in [4.78, 5) is 0. The lowest BCUT2D eigenvalue weighted by atomic mass is 9.86. The maximum Gasteiger partial charge on any atom is 0.153 e. The maximum absolute atomic E-state index is 6.01. The summed E-state index contributed by atoms with van der Waals surface area (Å²) in [6.45, 7) is 10.7. The van der Waals surface area contributed by atoms with E-state index in [2.05, 4.69) is 39.8 Å². The van der Waals surface area contributed by atoms with Crippen molar-refractivity contribution in [1.29, 1.82) is 0 Å². The van der Waals surface area contributed by atoms with Crippen LogP contribution in [-0.4, -0.2) is 0 Å². The summed E-state index contributed by atoms with van der Waals surface area (Å²) >= 11 is 0. The summed E-state index contributed by atoms with van der Waals surface area (Å²) in [6.07, 6.45) is 0. The number of nitrogens with two attached hydrogens (primary N) is 1. The molecule has 0 saturated carbocycles. The van der Waals surface area contributed by atoms with Gasteiger partial charge in [-0.2, -0.15) is 0 Å². The zero-order valence-electron chi connectivity index (χ0n) is 12.9. The summed E-state index contributed by atoms with van der Waals surface area (Å²) in [5, 5.41) is 0. The van der Waals surface area contributed by atoms with E-state index in [0.29, 0.717) is 5.69 Å². The third-order valence-corrected chi connectivity index (χ3v) is 3.50. The fourth-order valence-corrected chi connectivity index (χ4v) is 2.15. The zero-order valence-corrected chi connectivity index (χ0v) is 12.9. The molecule has 2 heteroatoms. The van der Waals surface area contributed by atoms with Crippen LogP contribution in [0.4, 0.5) is 5.69 Å². The molecule has 106 valence electrons. The van der Waals surface area contributed by atoms with Gasteiger partial charge in [0.2, 0.25) is 0 Å². The smallest absolute Gasteiger partial charge is 0.153 e. The van der Waals surface area contributed by atoms with Crippen molar-refractivity contribution in [3.63, 3.8) is 0 Å². The molecule has 0 aliphatic heterocycles. The predicted molar refractivity (Wildman–Crippen MR) is 85.5 cm³/mol. The number of aryl methyl sites for hydroxylation is 2. The van der Waals surface area contributed by atoms with Crippen molar-refractivity contribution in [1.82, 2.24) is 0 Å². The van der Waals surface area contributed by atoms with Crippen LogP contribution in [0.25, 0.3) is 0 Å². The van der Waals surface area contributed by atoms with E-state index in [9.17, 15) is 0 Å². The van der Waals surface area contributed by atoms with Gasteiger partial charge >= 0.3 is 0 Å². The Labute approximate surface area is 121 Å². The number of benzene rings is 2. The van der Waals surface area contributed by atoms with Crippen LogP contribution in [0.1, 0.15) is 37.5 Å². The molecule has 0 fully saturated rings. The van der Waals surface area contributed by atoms with Gasteiger partial charge in [-0.3, -0.25) is 0 Å². The second kappa shape index (κ2) is 5.20. The minimum atomic E-state index is 0.144. The van der Waals surface area contributed by atoms with E-state index in [1.54, 1.807) is 0 Å². The molecule has 0 spiro atoms. The average Bonchev–Trinajstić information content (AvgIpc) is 2.34. The van der Waals surface area contributed by atoms with Crippen LogP contribution >= 0.6 is 0 Å². The average molecular weight is 269 g/mol. The van der Waals surface area contributed by atoms with Crippen LogP contribution in [0.5, 0.6) is 11.5 Å². The van der Waals surface area contributed by atoms with Gasteiger partial charge < -0.3 is 10.5 Å². The van der Waals surface area contributed by atoms with E-state index in [-0.39, 0.29) is 5.41 Å². The molecule has 0 aliphatic carbocycles. The Morgan fingerprint density at radius 1 is 0.950 bits per heavy atom. The van der Waals surface area contributed by atoms with E-state index >= 15 is 0 Å². The molecule has 2 aromatic rings. The third kappa shape index (κ3) is 2.96. The number of ether oxygens (including phenoxy) is 1. The largest absolute Gasteiger partial charge is 0.455 e. The molecule has 2 aromatic carbocycles. The van der Waals surface area contributed by atoms with Gasteiger partial charge in [0.1, 0.15) is 5.75 Å². The van der Waals surface area contributed by atoms with Gasteiger partial charge in [-0.05, 0) is 48.1 Å². The lowest BCUT2D eigenvalue weighted by molar-refractivity contribution is 0.476. The first kappa shape index (κ1) is 14.4. The molecular formula is C18H23NO. The van der Waals surface area contributed by atoms with Crippen LogP contribution in [0.3, 0.4) is 0 Å². The Kier molecular flexibility index (Phi) is 3.76. The van der Waals surface area contributed by atoms with Gasteiger partial charge in [-0.1, -0.05) is 45.0 Å². The van der Waals surface area contributed by atoms with Crippen molar-refractivity contribution >= 4 is 5.69 Å². The standard InChI is InChI=1S/C18H23NO/c1-12-7-6-8-15(19)17(12)20-16-10-9-14(11-13(16)2)18(3,4)5/h6-11H,19H2,1-5H3. The third-order valence-electron chi connectivity index (χ3n) is 3.50. The van der Waals surface area contributed by atoms with Gasteiger partial charge in [0, 0.05) is 0 Å². The molecule has 0 atom stereocenters. The van der Waals surface area contributed by atoms with E-state index in [1.807, 2.05) is 31.2 Å². The zero-order chi connectivity index (χ0) is 14.9. The van der Waals surface area contributed by atoms with Gasteiger partial charge in [-0.15, -0.1) is 0 Å². The van der Waals surface area contributed by atoms with Gasteiger partial charge in [-0.25, -0.2) is 0 Å². The first-order valence-electron chi connectivity index (χ1n) is 6.93. The lowest BCUT2D eigenvalue weighted by Gasteiger charge is -2.21. The number of anilines is 1. The molecule has 2 N–H and O–H groups in total. The topological polar surface area (TPSA) is 35.2 Å². The fraction of sp³-hybridized carbons (Fsp3) is 0.333. The Morgan fingerprint density at radius 3 is 2.20 bits per heavy atom. The summed E-state index contributed by atoms with van der Waals surface area (Å²) in [7, 11) is 0. The quantitative estimate of drug-likeness (QED) is 0.781. The first-order chi connectivity index (χ1) is 9.29. The Morgan fingerprint density at radius 2 is 1.65 bits per heavy atom. The number of rotatable bonds is 2. The molecule has 2 nitrogen and oxygen atoms in total. The Hall–Kier alpha value is -1.96. The molecule has 0 bridgehead atoms. The van der Waals surface area contributed by atoms with Crippen LogP contribution in [0, 0.1) is 13.8 Å². The number of nitrogen functional groups attached to an aromatic ring is 1. The highest BCUT2D eigenvalue weighted by Gasteiger charge is 2.15.